The van der Waals surface area contributed by atoms with Gasteiger partial charge in [0.15, 0.2) is 0 Å². The van der Waals surface area contributed by atoms with E-state index in [1.54, 1.807) is 4.90 Å². The molecule has 3 rings (SSSR count). The van der Waals surface area contributed by atoms with Crippen molar-refractivity contribution in [3.8, 4) is 0 Å². The van der Waals surface area contributed by atoms with Gasteiger partial charge in [-0.3, -0.25) is 14.4 Å². The molecule has 134 valence electrons. The van der Waals surface area contributed by atoms with Gasteiger partial charge in [-0.25, -0.2) is 4.98 Å². The largest absolute Gasteiger partial charge is 0.481 e. The molecule has 2 aromatic rings. The van der Waals surface area contributed by atoms with Gasteiger partial charge >= 0.3 is 5.97 Å². The Balaban J connectivity index is 1.69. The second-order valence-electron chi connectivity index (χ2n) is 6.49. The van der Waals surface area contributed by atoms with Gasteiger partial charge in [-0.2, -0.15) is 0 Å². The first-order valence-corrected chi connectivity index (χ1v) is 9.18. The summed E-state index contributed by atoms with van der Waals surface area (Å²) in [7, 11) is 0. The van der Waals surface area contributed by atoms with Gasteiger partial charge < -0.3 is 15.0 Å². The molecule has 2 aromatic heterocycles. The molecule has 7 nitrogen and oxygen atoms in total. The number of aryl methyl sites for hydroxylation is 3. The number of amides is 1. The first kappa shape index (κ1) is 17.6. The van der Waals surface area contributed by atoms with Gasteiger partial charge in [-0.1, -0.05) is 0 Å². The minimum atomic E-state index is -0.850. The van der Waals surface area contributed by atoms with Crippen molar-refractivity contribution >= 4 is 33.4 Å². The predicted octanol–water partition coefficient (Wildman–Crippen LogP) is 1.86. The molecular formula is C17H21N3O4S. The van der Waals surface area contributed by atoms with Crippen molar-refractivity contribution in [2.75, 3.05) is 13.1 Å². The molecular weight excluding hydrogens is 342 g/mol. The maximum absolute atomic E-state index is 12.4. The number of hydrogen-bond donors (Lipinski definition) is 2. The maximum atomic E-state index is 12.4. The molecule has 0 radical (unpaired) electrons. The zero-order chi connectivity index (χ0) is 18.1. The van der Waals surface area contributed by atoms with E-state index in [1.807, 2.05) is 13.8 Å². The van der Waals surface area contributed by atoms with Crippen LogP contribution in [0, 0.1) is 19.8 Å². The Bertz CT molecular complexity index is 886. The van der Waals surface area contributed by atoms with Crippen molar-refractivity contribution in [1.29, 1.82) is 0 Å². The topological polar surface area (TPSA) is 103 Å². The van der Waals surface area contributed by atoms with Gasteiger partial charge in [0, 0.05) is 30.8 Å². The van der Waals surface area contributed by atoms with E-state index in [2.05, 4.69) is 9.97 Å². The predicted molar refractivity (Wildman–Crippen MR) is 95.0 cm³/mol. The van der Waals surface area contributed by atoms with E-state index >= 15 is 0 Å². The molecule has 1 atom stereocenters. The van der Waals surface area contributed by atoms with Gasteiger partial charge in [0.1, 0.15) is 10.7 Å². The summed E-state index contributed by atoms with van der Waals surface area (Å²) >= 11 is 1.48. The summed E-state index contributed by atoms with van der Waals surface area (Å²) in [6, 6.07) is 0. The van der Waals surface area contributed by atoms with Crippen LogP contribution in [0.25, 0.3) is 10.2 Å². The molecule has 1 unspecified atom stereocenters. The summed E-state index contributed by atoms with van der Waals surface area (Å²) in [4.78, 5) is 46.3. The van der Waals surface area contributed by atoms with Crippen molar-refractivity contribution in [1.82, 2.24) is 14.9 Å². The number of nitrogens with one attached hydrogen (secondary N) is 1. The van der Waals surface area contributed by atoms with E-state index in [9.17, 15) is 14.4 Å². The van der Waals surface area contributed by atoms with Crippen LogP contribution in [0.2, 0.25) is 0 Å². The highest BCUT2D eigenvalue weighted by Gasteiger charge is 2.27. The summed E-state index contributed by atoms with van der Waals surface area (Å²) in [6.45, 7) is 4.72. The molecule has 1 amide bonds. The Morgan fingerprint density at radius 2 is 2.16 bits per heavy atom. The summed E-state index contributed by atoms with van der Waals surface area (Å²) < 4.78 is 0. The number of piperidine rings is 1. The van der Waals surface area contributed by atoms with Crippen molar-refractivity contribution < 1.29 is 14.7 Å². The number of likely N-dealkylation sites (tertiary alicyclic amines) is 1. The first-order valence-electron chi connectivity index (χ1n) is 8.36. The number of aliphatic carboxylic acids is 1. The minimum absolute atomic E-state index is 0.0905. The van der Waals surface area contributed by atoms with Crippen LogP contribution in [-0.4, -0.2) is 44.9 Å². The molecule has 1 fully saturated rings. The molecule has 0 saturated carbocycles. The molecule has 0 aromatic carbocycles. The lowest BCUT2D eigenvalue weighted by atomic mass is 9.98. The third-order valence-electron chi connectivity index (χ3n) is 4.79. The zero-order valence-corrected chi connectivity index (χ0v) is 15.1. The van der Waals surface area contributed by atoms with Gasteiger partial charge in [0.25, 0.3) is 5.56 Å². The number of H-pyrrole nitrogens is 1. The fraction of sp³-hybridized carbons (Fsp3) is 0.529. The lowest BCUT2D eigenvalue weighted by Gasteiger charge is -2.30. The number of rotatable bonds is 4. The Morgan fingerprint density at radius 3 is 2.88 bits per heavy atom. The van der Waals surface area contributed by atoms with E-state index in [1.165, 1.54) is 11.3 Å². The Labute approximate surface area is 148 Å². The highest BCUT2D eigenvalue weighted by Crippen LogP contribution is 2.25. The maximum Gasteiger partial charge on any atom is 0.308 e. The van der Waals surface area contributed by atoms with Crippen LogP contribution in [0.5, 0.6) is 0 Å². The second kappa shape index (κ2) is 6.95. The first-order chi connectivity index (χ1) is 11.9. The van der Waals surface area contributed by atoms with E-state index < -0.39 is 11.9 Å². The lowest BCUT2D eigenvalue weighted by Crippen LogP contribution is -2.42. The van der Waals surface area contributed by atoms with Crippen LogP contribution in [-0.2, 0) is 16.0 Å². The SMILES string of the molecule is Cc1sc2nc(CCC(=O)N3CCCC(C(=O)O)C3)[nH]c(=O)c2c1C. The number of carbonyl (C=O) groups excluding carboxylic acids is 1. The summed E-state index contributed by atoms with van der Waals surface area (Å²) in [5.41, 5.74) is 0.780. The number of aromatic amines is 1. The van der Waals surface area contributed by atoms with Crippen LogP contribution in [0.4, 0.5) is 0 Å². The van der Waals surface area contributed by atoms with Gasteiger partial charge in [-0.15, -0.1) is 11.3 Å². The number of fused-ring (bicyclic) bond motifs is 1. The molecule has 3 heterocycles. The molecule has 0 spiro atoms. The molecule has 1 saturated heterocycles. The average Bonchev–Trinajstić information content (AvgIpc) is 2.87. The third kappa shape index (κ3) is 3.58. The van der Waals surface area contributed by atoms with Crippen molar-refractivity contribution in [3.05, 3.63) is 26.6 Å². The molecule has 0 aliphatic carbocycles. The van der Waals surface area contributed by atoms with Gasteiger partial charge in [0.2, 0.25) is 5.91 Å². The number of carboxylic acid groups (broad SMARTS) is 1. The molecule has 1 aliphatic heterocycles. The Morgan fingerprint density at radius 1 is 1.40 bits per heavy atom. The van der Waals surface area contributed by atoms with Crippen LogP contribution in [0.1, 0.15) is 35.5 Å². The van der Waals surface area contributed by atoms with E-state index in [4.69, 9.17) is 5.11 Å². The standard InChI is InChI=1S/C17H21N3O4S/c1-9-10(2)25-16-14(9)15(22)18-12(19-16)5-6-13(21)20-7-3-4-11(8-20)17(23)24/h11H,3-8H2,1-2H3,(H,23,24)(H,18,19,22). The average molecular weight is 363 g/mol. The van der Waals surface area contributed by atoms with Crippen LogP contribution in [0.15, 0.2) is 4.79 Å². The fourth-order valence-electron chi connectivity index (χ4n) is 3.21. The number of carbonyl (C=O) groups is 2. The number of nitrogens with zero attached hydrogens (tertiary/aromatic N) is 2. The van der Waals surface area contributed by atoms with E-state index in [0.717, 1.165) is 10.4 Å². The van der Waals surface area contributed by atoms with Crippen LogP contribution in [0.3, 0.4) is 0 Å². The van der Waals surface area contributed by atoms with E-state index in [0.29, 0.717) is 41.8 Å². The molecule has 8 heteroatoms. The number of carboxylic acids is 1. The summed E-state index contributed by atoms with van der Waals surface area (Å²) in [6.07, 6.45) is 1.87. The second-order valence-corrected chi connectivity index (χ2v) is 7.70. The minimum Gasteiger partial charge on any atom is -0.481 e. The van der Waals surface area contributed by atoms with Crippen molar-refractivity contribution in [2.45, 2.75) is 39.5 Å². The quantitative estimate of drug-likeness (QED) is 0.863. The molecule has 25 heavy (non-hydrogen) atoms. The monoisotopic (exact) mass is 363 g/mol. The lowest BCUT2D eigenvalue weighted by molar-refractivity contribution is -0.145. The smallest absolute Gasteiger partial charge is 0.308 e. The third-order valence-corrected chi connectivity index (χ3v) is 5.89. The van der Waals surface area contributed by atoms with Gasteiger partial charge in [-0.05, 0) is 32.3 Å². The summed E-state index contributed by atoms with van der Waals surface area (Å²) in [5, 5.41) is 9.74. The van der Waals surface area contributed by atoms with Gasteiger partial charge in [0.05, 0.1) is 11.3 Å². The number of thiophene rings is 1. The Hall–Kier alpha value is -2.22. The van der Waals surface area contributed by atoms with Crippen LogP contribution < -0.4 is 5.56 Å². The summed E-state index contributed by atoms with van der Waals surface area (Å²) in [5.74, 6) is -0.924. The highest BCUT2D eigenvalue weighted by atomic mass is 32.1. The highest BCUT2D eigenvalue weighted by molar-refractivity contribution is 7.18. The van der Waals surface area contributed by atoms with Crippen molar-refractivity contribution in [3.63, 3.8) is 0 Å². The van der Waals surface area contributed by atoms with Crippen LogP contribution >= 0.6 is 11.3 Å². The van der Waals surface area contributed by atoms with Crippen molar-refractivity contribution in [2.24, 2.45) is 5.92 Å². The number of hydrogen-bond acceptors (Lipinski definition) is 5. The number of aromatic nitrogens is 2. The Kier molecular flexibility index (Phi) is 4.89. The molecule has 2 N–H and O–H groups in total. The van der Waals surface area contributed by atoms with E-state index in [-0.39, 0.29) is 24.4 Å². The molecule has 1 aliphatic rings. The molecule has 0 bridgehead atoms. The normalized spacial score (nSPS) is 17.8. The zero-order valence-electron chi connectivity index (χ0n) is 14.3. The fourth-order valence-corrected chi connectivity index (χ4v) is 4.26.